The average molecular weight is 206 g/mol. The Bertz CT molecular complexity index is 338. The van der Waals surface area contributed by atoms with Crippen LogP contribution in [0.1, 0.15) is 27.7 Å². The monoisotopic (exact) mass is 206 g/mol. The summed E-state index contributed by atoms with van der Waals surface area (Å²) in [6.45, 7) is 8.12. The zero-order valence-corrected chi connectivity index (χ0v) is 9.52. The lowest BCUT2D eigenvalue weighted by Crippen LogP contribution is -2.41. The second kappa shape index (κ2) is 3.28. The minimum atomic E-state index is -0.342. The van der Waals surface area contributed by atoms with Crippen molar-refractivity contribution in [1.82, 2.24) is 10.2 Å². The molecule has 1 saturated heterocycles. The molecule has 1 aromatic heterocycles. The van der Waals surface area contributed by atoms with Gasteiger partial charge in [-0.15, -0.1) is 0 Å². The molecule has 0 unspecified atom stereocenters. The van der Waals surface area contributed by atoms with Crippen molar-refractivity contribution in [2.24, 2.45) is 0 Å². The number of nitrogens with zero attached hydrogens (tertiary/aromatic N) is 2. The third kappa shape index (κ3) is 1.77. The van der Waals surface area contributed by atoms with Gasteiger partial charge in [0.2, 0.25) is 0 Å². The molecule has 0 amide bonds. The summed E-state index contributed by atoms with van der Waals surface area (Å²) < 4.78 is 11.7. The summed E-state index contributed by atoms with van der Waals surface area (Å²) in [7, 11) is -0.342. The molecule has 1 aliphatic heterocycles. The van der Waals surface area contributed by atoms with Crippen molar-refractivity contribution in [3.05, 3.63) is 18.5 Å². The van der Waals surface area contributed by atoms with Crippen LogP contribution in [0.15, 0.2) is 18.5 Å². The van der Waals surface area contributed by atoms with Gasteiger partial charge in [-0.2, -0.15) is 10.2 Å². The molecule has 0 aromatic carbocycles. The molecule has 80 valence electrons. The van der Waals surface area contributed by atoms with Crippen LogP contribution in [0.25, 0.3) is 0 Å². The standard InChI is InChI=1S/C10H15BN2O2/c1-9(2)10(3,4)15-11(14-9)8-5-6-12-13-7-8/h5-7H,1-4H3. The second-order valence-electron chi connectivity index (χ2n) is 4.76. The minimum Gasteiger partial charge on any atom is -0.399 e. The van der Waals surface area contributed by atoms with Crippen LogP contribution in [-0.4, -0.2) is 28.5 Å². The van der Waals surface area contributed by atoms with Crippen molar-refractivity contribution in [3.63, 3.8) is 0 Å². The van der Waals surface area contributed by atoms with Crippen molar-refractivity contribution in [2.45, 2.75) is 38.9 Å². The van der Waals surface area contributed by atoms with Crippen LogP contribution in [0.5, 0.6) is 0 Å². The molecule has 1 aliphatic rings. The number of hydrogen-bond donors (Lipinski definition) is 0. The molecule has 1 aromatic rings. The summed E-state index contributed by atoms with van der Waals surface area (Å²) in [6, 6.07) is 1.86. The SMILES string of the molecule is CC1(C)OB(c2ccnnc2)OC1(C)C. The zero-order valence-electron chi connectivity index (χ0n) is 9.52. The Morgan fingerprint density at radius 1 is 1.07 bits per heavy atom. The molecule has 2 heterocycles. The molecule has 0 radical (unpaired) electrons. The molecule has 5 heteroatoms. The van der Waals surface area contributed by atoms with E-state index in [0.29, 0.717) is 0 Å². The average Bonchev–Trinajstić information content (AvgIpc) is 2.38. The molecule has 1 fully saturated rings. The molecule has 2 rings (SSSR count). The molecular weight excluding hydrogens is 191 g/mol. The maximum absolute atomic E-state index is 5.86. The van der Waals surface area contributed by atoms with Gasteiger partial charge < -0.3 is 9.31 Å². The highest BCUT2D eigenvalue weighted by molar-refractivity contribution is 6.61. The van der Waals surface area contributed by atoms with Gasteiger partial charge >= 0.3 is 7.12 Å². The number of hydrogen-bond acceptors (Lipinski definition) is 4. The molecular formula is C10H15BN2O2. The summed E-state index contributed by atoms with van der Waals surface area (Å²) in [5.41, 5.74) is 0.297. The van der Waals surface area contributed by atoms with Crippen LogP contribution in [0.2, 0.25) is 0 Å². The van der Waals surface area contributed by atoms with Gasteiger partial charge in [0.1, 0.15) is 0 Å². The normalized spacial score (nSPS) is 23.1. The molecule has 0 aliphatic carbocycles. The van der Waals surface area contributed by atoms with Crippen LogP contribution in [-0.2, 0) is 9.31 Å². The van der Waals surface area contributed by atoms with Crippen LogP contribution in [0, 0.1) is 0 Å². The molecule has 0 N–H and O–H groups in total. The van der Waals surface area contributed by atoms with Gasteiger partial charge in [-0.3, -0.25) is 0 Å². The summed E-state index contributed by atoms with van der Waals surface area (Å²) >= 11 is 0. The molecule has 15 heavy (non-hydrogen) atoms. The smallest absolute Gasteiger partial charge is 0.399 e. The van der Waals surface area contributed by atoms with Gasteiger partial charge in [0.25, 0.3) is 0 Å². The predicted octanol–water partition coefficient (Wildman–Crippen LogP) is 0.776. The summed E-state index contributed by atoms with van der Waals surface area (Å²) in [4.78, 5) is 0. The summed E-state index contributed by atoms with van der Waals surface area (Å²) in [6.07, 6.45) is 3.31. The fourth-order valence-electron chi connectivity index (χ4n) is 1.42. The van der Waals surface area contributed by atoms with Crippen molar-refractivity contribution >= 4 is 12.6 Å². The topological polar surface area (TPSA) is 44.2 Å². The highest BCUT2D eigenvalue weighted by Crippen LogP contribution is 2.36. The molecule has 0 spiro atoms. The lowest BCUT2D eigenvalue weighted by molar-refractivity contribution is 0.00578. The first-order valence-corrected chi connectivity index (χ1v) is 5.05. The molecule has 0 bridgehead atoms. The first-order chi connectivity index (χ1) is 6.92. The first kappa shape index (κ1) is 10.6. The van der Waals surface area contributed by atoms with Gasteiger partial charge in [-0.25, -0.2) is 0 Å². The lowest BCUT2D eigenvalue weighted by atomic mass is 9.81. The highest BCUT2D eigenvalue weighted by Gasteiger charge is 2.51. The Kier molecular flexibility index (Phi) is 2.32. The zero-order chi connectivity index (χ0) is 11.1. The number of aromatic nitrogens is 2. The summed E-state index contributed by atoms with van der Waals surface area (Å²) in [5.74, 6) is 0. The maximum atomic E-state index is 5.86. The minimum absolute atomic E-state index is 0.305. The van der Waals surface area contributed by atoms with Crippen molar-refractivity contribution in [1.29, 1.82) is 0 Å². The van der Waals surface area contributed by atoms with Crippen LogP contribution < -0.4 is 5.46 Å². The Hall–Kier alpha value is -0.935. The van der Waals surface area contributed by atoms with E-state index in [0.717, 1.165) is 5.46 Å². The van der Waals surface area contributed by atoms with E-state index in [1.165, 1.54) is 0 Å². The van der Waals surface area contributed by atoms with Gasteiger partial charge in [0.05, 0.1) is 11.2 Å². The predicted molar refractivity (Wildman–Crippen MR) is 57.7 cm³/mol. The van der Waals surface area contributed by atoms with E-state index in [-0.39, 0.29) is 18.3 Å². The molecule has 4 nitrogen and oxygen atoms in total. The van der Waals surface area contributed by atoms with Gasteiger partial charge in [0.15, 0.2) is 0 Å². The molecule has 0 atom stereocenters. The van der Waals surface area contributed by atoms with Crippen LogP contribution in [0.3, 0.4) is 0 Å². The first-order valence-electron chi connectivity index (χ1n) is 5.05. The quantitative estimate of drug-likeness (QED) is 0.636. The van der Waals surface area contributed by atoms with E-state index in [9.17, 15) is 0 Å². The molecule has 0 saturated carbocycles. The third-order valence-electron chi connectivity index (χ3n) is 3.13. The third-order valence-corrected chi connectivity index (χ3v) is 3.13. The fraction of sp³-hybridized carbons (Fsp3) is 0.600. The second-order valence-corrected chi connectivity index (χ2v) is 4.76. The lowest BCUT2D eigenvalue weighted by Gasteiger charge is -2.32. The van der Waals surface area contributed by atoms with E-state index >= 15 is 0 Å². The maximum Gasteiger partial charge on any atom is 0.496 e. The largest absolute Gasteiger partial charge is 0.496 e. The van der Waals surface area contributed by atoms with Crippen molar-refractivity contribution < 1.29 is 9.31 Å². The van der Waals surface area contributed by atoms with E-state index in [2.05, 4.69) is 10.2 Å². The van der Waals surface area contributed by atoms with Crippen molar-refractivity contribution in [3.8, 4) is 0 Å². The fourth-order valence-corrected chi connectivity index (χ4v) is 1.42. The van der Waals surface area contributed by atoms with Gasteiger partial charge in [-0.1, -0.05) is 0 Å². The Balaban J connectivity index is 2.24. The Morgan fingerprint density at radius 2 is 1.67 bits per heavy atom. The van der Waals surface area contributed by atoms with E-state index in [1.807, 2.05) is 33.8 Å². The summed E-state index contributed by atoms with van der Waals surface area (Å²) in [5, 5.41) is 7.54. The van der Waals surface area contributed by atoms with Crippen LogP contribution >= 0.6 is 0 Å². The van der Waals surface area contributed by atoms with E-state index in [1.54, 1.807) is 12.4 Å². The van der Waals surface area contributed by atoms with Gasteiger partial charge in [0, 0.05) is 17.9 Å². The van der Waals surface area contributed by atoms with Crippen molar-refractivity contribution in [2.75, 3.05) is 0 Å². The Morgan fingerprint density at radius 3 is 2.13 bits per heavy atom. The van der Waals surface area contributed by atoms with E-state index in [4.69, 9.17) is 9.31 Å². The highest BCUT2D eigenvalue weighted by atomic mass is 16.7. The number of rotatable bonds is 1. The Labute approximate surface area is 90.1 Å². The van der Waals surface area contributed by atoms with Crippen LogP contribution in [0.4, 0.5) is 0 Å². The van der Waals surface area contributed by atoms with Gasteiger partial charge in [-0.05, 0) is 33.8 Å². The van der Waals surface area contributed by atoms with E-state index < -0.39 is 0 Å².